The fourth-order valence-corrected chi connectivity index (χ4v) is 3.25. The van der Waals surface area contributed by atoms with Crippen LogP contribution in [0.1, 0.15) is 32.6 Å². The Kier molecular flexibility index (Phi) is 4.56. The van der Waals surface area contributed by atoms with E-state index in [1.165, 1.54) is 31.4 Å². The maximum Gasteiger partial charge on any atom is 0.218 e. The molecule has 1 saturated carbocycles. The van der Waals surface area contributed by atoms with Gasteiger partial charge in [0.2, 0.25) is 11.0 Å². The van der Waals surface area contributed by atoms with Crippen LogP contribution >= 0.6 is 12.2 Å². The van der Waals surface area contributed by atoms with Gasteiger partial charge in [-0.25, -0.2) is 4.39 Å². The van der Waals surface area contributed by atoms with E-state index in [0.717, 1.165) is 6.42 Å². The van der Waals surface area contributed by atoms with Crippen LogP contribution in [0.25, 0.3) is 10.9 Å². The number of H-pyrrole nitrogens is 1. The van der Waals surface area contributed by atoms with Crippen molar-refractivity contribution in [3.8, 4) is 5.88 Å². The summed E-state index contributed by atoms with van der Waals surface area (Å²) in [5, 5.41) is 22.1. The zero-order valence-electron chi connectivity index (χ0n) is 12.8. The van der Waals surface area contributed by atoms with Gasteiger partial charge in [-0.2, -0.15) is 0 Å². The third-order valence-corrected chi connectivity index (χ3v) is 4.57. The van der Waals surface area contributed by atoms with Gasteiger partial charge in [0.15, 0.2) is 5.69 Å². The number of aromatic amines is 1. The van der Waals surface area contributed by atoms with Crippen LogP contribution in [0, 0.1) is 11.7 Å². The van der Waals surface area contributed by atoms with Crippen LogP contribution in [0.5, 0.6) is 5.88 Å². The predicted octanol–water partition coefficient (Wildman–Crippen LogP) is 4.55. The largest absolute Gasteiger partial charge is 0.493 e. The van der Waals surface area contributed by atoms with Crippen LogP contribution in [0.2, 0.25) is 0 Å². The van der Waals surface area contributed by atoms with E-state index in [9.17, 15) is 9.50 Å². The fraction of sp³-hybridized carbons (Fsp3) is 0.438. The van der Waals surface area contributed by atoms with Gasteiger partial charge in [0.05, 0.1) is 5.52 Å². The van der Waals surface area contributed by atoms with Crippen molar-refractivity contribution in [2.45, 2.75) is 38.6 Å². The normalized spacial score (nSPS) is 21.8. The highest BCUT2D eigenvalue weighted by Crippen LogP contribution is 2.35. The lowest BCUT2D eigenvalue weighted by molar-refractivity contribution is 0.309. The molecule has 0 saturated heterocycles. The Labute approximate surface area is 139 Å². The Bertz CT molecular complexity index is 758. The average Bonchev–Trinajstić information content (AvgIpc) is 2.82. The zero-order valence-corrected chi connectivity index (χ0v) is 13.7. The van der Waals surface area contributed by atoms with Crippen molar-refractivity contribution >= 4 is 33.9 Å². The van der Waals surface area contributed by atoms with Crippen molar-refractivity contribution in [3.63, 3.8) is 0 Å². The molecule has 0 amide bonds. The lowest BCUT2D eigenvalue weighted by atomic mass is 9.86. The number of aromatic nitrogens is 1. The molecule has 0 bridgehead atoms. The Balaban J connectivity index is 1.74. The monoisotopic (exact) mass is 334 g/mol. The second kappa shape index (κ2) is 6.62. The summed E-state index contributed by atoms with van der Waals surface area (Å²) in [5.41, 5.74) is 0.733. The summed E-state index contributed by atoms with van der Waals surface area (Å²) in [6.45, 7) is 2.20. The summed E-state index contributed by atoms with van der Waals surface area (Å²) < 4.78 is 13.2. The molecule has 7 heteroatoms. The lowest BCUT2D eigenvalue weighted by Gasteiger charge is -2.29. The van der Waals surface area contributed by atoms with E-state index in [1.807, 2.05) is 0 Å². The molecule has 3 rings (SSSR count). The molecule has 2 atom stereocenters. The molecule has 1 aliphatic rings. The van der Waals surface area contributed by atoms with E-state index in [0.29, 0.717) is 28.0 Å². The molecule has 0 aliphatic heterocycles. The van der Waals surface area contributed by atoms with Gasteiger partial charge in [0.1, 0.15) is 5.82 Å². The molecule has 5 nitrogen and oxygen atoms in total. The second-order valence-electron chi connectivity index (χ2n) is 6.03. The topological polar surface area (TPSA) is 72.8 Å². The summed E-state index contributed by atoms with van der Waals surface area (Å²) in [4.78, 5) is 2.68. The van der Waals surface area contributed by atoms with Crippen molar-refractivity contribution < 1.29 is 9.50 Å². The van der Waals surface area contributed by atoms with Gasteiger partial charge in [-0.05, 0) is 49.2 Å². The predicted molar refractivity (Wildman–Crippen MR) is 91.6 cm³/mol. The van der Waals surface area contributed by atoms with E-state index in [1.54, 1.807) is 6.07 Å². The Morgan fingerprint density at radius 3 is 2.96 bits per heavy atom. The van der Waals surface area contributed by atoms with Crippen molar-refractivity contribution in [1.82, 2.24) is 10.3 Å². The second-order valence-corrected chi connectivity index (χ2v) is 6.42. The highest BCUT2D eigenvalue weighted by atomic mass is 32.1. The molecule has 1 heterocycles. The minimum Gasteiger partial charge on any atom is -0.493 e. The molecule has 1 fully saturated rings. The van der Waals surface area contributed by atoms with Crippen LogP contribution in [0.4, 0.5) is 10.1 Å². The van der Waals surface area contributed by atoms with Crippen LogP contribution in [-0.4, -0.2) is 21.2 Å². The molecular formula is C16H19FN4OS. The van der Waals surface area contributed by atoms with Crippen molar-refractivity contribution in [1.29, 1.82) is 0 Å². The van der Waals surface area contributed by atoms with E-state index < -0.39 is 0 Å². The van der Waals surface area contributed by atoms with Gasteiger partial charge in [-0.1, -0.05) is 19.8 Å². The van der Waals surface area contributed by atoms with Crippen molar-refractivity contribution in [2.24, 2.45) is 16.1 Å². The highest BCUT2D eigenvalue weighted by Gasteiger charge is 2.21. The van der Waals surface area contributed by atoms with Gasteiger partial charge in [0.25, 0.3) is 0 Å². The molecule has 0 radical (unpaired) electrons. The van der Waals surface area contributed by atoms with Gasteiger partial charge in [-0.15, -0.1) is 10.2 Å². The molecule has 23 heavy (non-hydrogen) atoms. The van der Waals surface area contributed by atoms with E-state index in [-0.39, 0.29) is 17.4 Å². The first kappa shape index (κ1) is 15.9. The Morgan fingerprint density at radius 2 is 2.17 bits per heavy atom. The molecule has 0 unspecified atom stereocenters. The maximum absolute atomic E-state index is 13.2. The molecule has 1 aromatic carbocycles. The number of halogens is 1. The molecular weight excluding hydrogens is 315 g/mol. The molecule has 1 aliphatic carbocycles. The van der Waals surface area contributed by atoms with Crippen molar-refractivity contribution in [3.05, 3.63) is 24.0 Å². The SMILES string of the molecule is C[C@@H]1CCCC[C@@H]1NC(=S)N=Nc1c(O)[nH]c2cc(F)ccc12. The quantitative estimate of drug-likeness (QED) is 0.557. The number of benzene rings is 1. The molecule has 1 aromatic heterocycles. The number of nitrogens with zero attached hydrogens (tertiary/aromatic N) is 2. The lowest BCUT2D eigenvalue weighted by Crippen LogP contribution is -2.39. The number of hydrogen-bond acceptors (Lipinski definition) is 3. The Morgan fingerprint density at radius 1 is 1.39 bits per heavy atom. The van der Waals surface area contributed by atoms with Crippen molar-refractivity contribution in [2.75, 3.05) is 0 Å². The van der Waals surface area contributed by atoms with Crippen LogP contribution in [0.3, 0.4) is 0 Å². The van der Waals surface area contributed by atoms with Gasteiger partial charge in [-0.3, -0.25) is 0 Å². The van der Waals surface area contributed by atoms with Gasteiger partial charge in [0, 0.05) is 11.4 Å². The first-order valence-corrected chi connectivity index (χ1v) is 8.18. The van der Waals surface area contributed by atoms with Crippen LogP contribution in [-0.2, 0) is 0 Å². The molecule has 2 aromatic rings. The summed E-state index contributed by atoms with van der Waals surface area (Å²) in [7, 11) is 0. The highest BCUT2D eigenvalue weighted by molar-refractivity contribution is 7.80. The number of aromatic hydroxyl groups is 1. The first-order chi connectivity index (χ1) is 11.0. The summed E-state index contributed by atoms with van der Waals surface area (Å²) in [6.07, 6.45) is 4.71. The molecule has 122 valence electrons. The fourth-order valence-electron chi connectivity index (χ4n) is 3.06. The summed E-state index contributed by atoms with van der Waals surface area (Å²) >= 11 is 5.22. The third kappa shape index (κ3) is 3.50. The zero-order chi connectivity index (χ0) is 16.4. The smallest absolute Gasteiger partial charge is 0.218 e. The third-order valence-electron chi connectivity index (χ3n) is 4.38. The van der Waals surface area contributed by atoms with E-state index in [2.05, 4.69) is 27.5 Å². The molecule has 0 spiro atoms. The van der Waals surface area contributed by atoms with Crippen LogP contribution in [0.15, 0.2) is 28.4 Å². The number of thiocarbonyl (C=S) groups is 1. The summed E-state index contributed by atoms with van der Waals surface area (Å²) in [5.74, 6) is 0.0234. The number of rotatable bonds is 2. The van der Waals surface area contributed by atoms with E-state index >= 15 is 0 Å². The minimum atomic E-state index is -0.384. The van der Waals surface area contributed by atoms with Gasteiger partial charge >= 0.3 is 0 Å². The average molecular weight is 334 g/mol. The number of nitrogens with one attached hydrogen (secondary N) is 2. The standard InChI is InChI=1S/C16H19FN4OS/c1-9-4-2-3-5-12(9)19-16(23)21-20-14-11-7-6-10(17)8-13(11)18-15(14)22/h6-9,12,18,22H,2-5H2,1H3,(H,19,23)/t9-,12+/m1/s1. The maximum atomic E-state index is 13.2. The molecule has 3 N–H and O–H groups in total. The summed E-state index contributed by atoms with van der Waals surface area (Å²) in [6, 6.07) is 4.49. The number of azo groups is 1. The number of hydrogen-bond donors (Lipinski definition) is 3. The minimum absolute atomic E-state index is 0.150. The van der Waals surface area contributed by atoms with E-state index in [4.69, 9.17) is 12.2 Å². The van der Waals surface area contributed by atoms with Crippen LogP contribution < -0.4 is 5.32 Å². The Hall–Kier alpha value is -2.02. The number of fused-ring (bicyclic) bond motifs is 1. The first-order valence-electron chi connectivity index (χ1n) is 7.77. The van der Waals surface area contributed by atoms with Gasteiger partial charge < -0.3 is 15.4 Å².